The summed E-state index contributed by atoms with van der Waals surface area (Å²) in [5.74, 6) is 2.39. The van der Waals surface area contributed by atoms with Gasteiger partial charge < -0.3 is 0 Å². The monoisotopic (exact) mass is 453 g/mol. The van der Waals surface area contributed by atoms with Crippen LogP contribution >= 0.6 is 0 Å². The zero-order valence-corrected chi connectivity index (χ0v) is 22.3. The van der Waals surface area contributed by atoms with Gasteiger partial charge in [0, 0.05) is 22.5 Å². The Bertz CT molecular complexity index is 1370. The minimum Gasteiger partial charge on any atom is -0.217 e. The molecule has 176 valence electrons. The van der Waals surface area contributed by atoms with Crippen LogP contribution in [-0.2, 0) is 17.9 Å². The summed E-state index contributed by atoms with van der Waals surface area (Å²) >= 11 is 0. The summed E-state index contributed by atoms with van der Waals surface area (Å²) in [6, 6.07) is 13.3. The molecule has 2 heterocycles. The average molecular weight is 454 g/mol. The van der Waals surface area contributed by atoms with Crippen molar-refractivity contribution in [3.63, 3.8) is 0 Å². The maximum atomic E-state index is 4.94. The van der Waals surface area contributed by atoms with E-state index in [4.69, 9.17) is 15.0 Å². The zero-order chi connectivity index (χ0) is 25.0. The van der Waals surface area contributed by atoms with Crippen LogP contribution in [0.4, 0.5) is 0 Å². The van der Waals surface area contributed by atoms with Gasteiger partial charge in [-0.25, -0.2) is 19.5 Å². The van der Waals surface area contributed by atoms with Crippen LogP contribution < -0.4 is 4.57 Å². The van der Waals surface area contributed by atoms with Crippen LogP contribution in [0.15, 0.2) is 42.6 Å². The molecular formula is C30H37N4+. The Balaban J connectivity index is 2.02. The molecule has 0 saturated heterocycles. The van der Waals surface area contributed by atoms with E-state index in [-0.39, 0.29) is 10.8 Å². The van der Waals surface area contributed by atoms with E-state index >= 15 is 0 Å². The van der Waals surface area contributed by atoms with Crippen molar-refractivity contribution < 1.29 is 4.57 Å². The predicted octanol–water partition coefficient (Wildman–Crippen LogP) is 6.70. The SMILES string of the molecule is Cc1cc(C)c(C)c(-c2c3cc(-c4nc(C(C)(C)C)nc(C(C)(C)C)n4)ccc3cc[n+]2C)c1. The molecule has 0 saturated carbocycles. The molecule has 0 N–H and O–H groups in total. The van der Waals surface area contributed by atoms with E-state index in [2.05, 4.69) is 117 Å². The van der Waals surface area contributed by atoms with Crippen molar-refractivity contribution in [2.75, 3.05) is 0 Å². The third kappa shape index (κ3) is 4.46. The van der Waals surface area contributed by atoms with Crippen molar-refractivity contribution in [1.29, 1.82) is 0 Å². The third-order valence-corrected chi connectivity index (χ3v) is 6.44. The highest BCUT2D eigenvalue weighted by Crippen LogP contribution is 2.33. The van der Waals surface area contributed by atoms with Crippen LogP contribution in [-0.4, -0.2) is 15.0 Å². The summed E-state index contributed by atoms with van der Waals surface area (Å²) in [5, 5.41) is 2.40. The van der Waals surface area contributed by atoms with Crippen LogP contribution in [0.2, 0.25) is 0 Å². The highest BCUT2D eigenvalue weighted by atomic mass is 15.1. The minimum absolute atomic E-state index is 0.164. The largest absolute Gasteiger partial charge is 0.220 e. The van der Waals surface area contributed by atoms with Crippen molar-refractivity contribution in [3.05, 3.63) is 70.9 Å². The van der Waals surface area contributed by atoms with E-state index in [1.165, 1.54) is 38.7 Å². The van der Waals surface area contributed by atoms with E-state index in [0.717, 1.165) is 23.0 Å². The van der Waals surface area contributed by atoms with Gasteiger partial charge in [-0.15, -0.1) is 0 Å². The van der Waals surface area contributed by atoms with Crippen LogP contribution in [0.1, 0.15) is 69.9 Å². The second kappa shape index (κ2) is 8.26. The molecule has 0 amide bonds. The maximum absolute atomic E-state index is 4.94. The first-order valence-corrected chi connectivity index (χ1v) is 12.0. The standard InChI is InChI=1S/C30H37N4/c1-18-15-19(2)20(3)23(16-18)25-24-17-22(12-11-21(24)13-14-34(25)10)26-31-27(29(4,5)6)33-28(32-26)30(7,8)9/h11-17H,1-10H3/q+1. The van der Waals surface area contributed by atoms with Gasteiger partial charge in [-0.2, -0.15) is 0 Å². The lowest BCUT2D eigenvalue weighted by atomic mass is 9.92. The first-order chi connectivity index (χ1) is 15.8. The summed E-state index contributed by atoms with van der Waals surface area (Å²) < 4.78 is 2.22. The van der Waals surface area contributed by atoms with E-state index < -0.39 is 0 Å². The van der Waals surface area contributed by atoms with Gasteiger partial charge in [0.25, 0.3) is 0 Å². The summed E-state index contributed by atoms with van der Waals surface area (Å²) in [7, 11) is 2.12. The molecule has 0 bridgehead atoms. The van der Waals surface area contributed by atoms with Crippen molar-refractivity contribution in [2.45, 2.75) is 73.1 Å². The number of benzene rings is 2. The van der Waals surface area contributed by atoms with Crippen LogP contribution in [0.5, 0.6) is 0 Å². The van der Waals surface area contributed by atoms with Gasteiger partial charge >= 0.3 is 0 Å². The lowest BCUT2D eigenvalue weighted by Crippen LogP contribution is -2.30. The smallest absolute Gasteiger partial charge is 0.217 e. The number of fused-ring (bicyclic) bond motifs is 1. The Labute approximate surface area is 204 Å². The first-order valence-electron chi connectivity index (χ1n) is 12.0. The molecule has 4 rings (SSSR count). The fourth-order valence-corrected chi connectivity index (χ4v) is 4.30. The fourth-order valence-electron chi connectivity index (χ4n) is 4.30. The van der Waals surface area contributed by atoms with Gasteiger partial charge in [-0.05, 0) is 49.4 Å². The van der Waals surface area contributed by atoms with Gasteiger partial charge in [0.1, 0.15) is 18.7 Å². The molecule has 0 aliphatic rings. The van der Waals surface area contributed by atoms with Gasteiger partial charge in [-0.3, -0.25) is 0 Å². The zero-order valence-electron chi connectivity index (χ0n) is 22.3. The average Bonchev–Trinajstić information content (AvgIpc) is 2.74. The topological polar surface area (TPSA) is 42.6 Å². The lowest BCUT2D eigenvalue weighted by Gasteiger charge is -2.22. The Morgan fingerprint density at radius 1 is 0.735 bits per heavy atom. The quantitative estimate of drug-likeness (QED) is 0.317. The van der Waals surface area contributed by atoms with Crippen molar-refractivity contribution in [3.8, 4) is 22.6 Å². The summed E-state index contributed by atoms with van der Waals surface area (Å²) in [4.78, 5) is 14.7. The van der Waals surface area contributed by atoms with Gasteiger partial charge in [-0.1, -0.05) is 65.3 Å². The molecule has 0 unspecified atom stereocenters. The molecule has 2 aromatic carbocycles. The van der Waals surface area contributed by atoms with Crippen LogP contribution in [0.25, 0.3) is 33.4 Å². The number of nitrogens with zero attached hydrogens (tertiary/aromatic N) is 4. The third-order valence-electron chi connectivity index (χ3n) is 6.44. The summed E-state index contributed by atoms with van der Waals surface area (Å²) in [5.41, 5.74) is 7.06. The predicted molar refractivity (Wildman–Crippen MR) is 141 cm³/mol. The Kier molecular flexibility index (Phi) is 5.83. The fraction of sp³-hybridized carbons (Fsp3) is 0.400. The number of aromatic nitrogens is 4. The van der Waals surface area contributed by atoms with Gasteiger partial charge in [0.2, 0.25) is 5.69 Å². The van der Waals surface area contributed by atoms with Crippen LogP contribution in [0, 0.1) is 20.8 Å². The molecule has 0 aliphatic carbocycles. The minimum atomic E-state index is -0.164. The lowest BCUT2D eigenvalue weighted by molar-refractivity contribution is -0.659. The number of aryl methyl sites for hydroxylation is 3. The Morgan fingerprint density at radius 3 is 1.94 bits per heavy atom. The number of rotatable bonds is 2. The second-order valence-electron chi connectivity index (χ2n) is 11.6. The van der Waals surface area contributed by atoms with E-state index in [0.29, 0.717) is 0 Å². The molecule has 0 spiro atoms. The molecule has 4 nitrogen and oxygen atoms in total. The second-order valence-corrected chi connectivity index (χ2v) is 11.6. The van der Waals surface area contributed by atoms with E-state index in [1.54, 1.807) is 0 Å². The van der Waals surface area contributed by atoms with Gasteiger partial charge in [0.05, 0.1) is 10.9 Å². The Hall–Kier alpha value is -3.14. The molecule has 0 radical (unpaired) electrons. The Morgan fingerprint density at radius 2 is 1.35 bits per heavy atom. The van der Waals surface area contributed by atoms with E-state index in [1.807, 2.05) is 0 Å². The van der Waals surface area contributed by atoms with Crippen LogP contribution in [0.3, 0.4) is 0 Å². The molecule has 0 aliphatic heterocycles. The number of hydrogen-bond acceptors (Lipinski definition) is 3. The number of hydrogen-bond donors (Lipinski definition) is 0. The summed E-state index contributed by atoms with van der Waals surface area (Å²) in [6.07, 6.45) is 2.15. The van der Waals surface area contributed by atoms with Crippen molar-refractivity contribution >= 4 is 10.8 Å². The molecule has 0 fully saturated rings. The molecule has 4 heteroatoms. The highest BCUT2D eigenvalue weighted by molar-refractivity contribution is 5.96. The van der Waals surface area contributed by atoms with Crippen molar-refractivity contribution in [2.24, 2.45) is 7.05 Å². The maximum Gasteiger partial charge on any atom is 0.220 e. The molecule has 0 atom stereocenters. The summed E-state index contributed by atoms with van der Waals surface area (Å²) in [6.45, 7) is 19.5. The van der Waals surface area contributed by atoms with Crippen molar-refractivity contribution in [1.82, 2.24) is 15.0 Å². The van der Waals surface area contributed by atoms with E-state index in [9.17, 15) is 0 Å². The molecule has 2 aromatic heterocycles. The molecular weight excluding hydrogens is 416 g/mol. The normalized spacial score (nSPS) is 12.4. The molecule has 34 heavy (non-hydrogen) atoms. The highest BCUT2D eigenvalue weighted by Gasteiger charge is 2.26. The van der Waals surface area contributed by atoms with Gasteiger partial charge in [0.15, 0.2) is 12.0 Å². The number of pyridine rings is 1. The molecule has 4 aromatic rings. The first kappa shape index (κ1) is 24.0.